The summed E-state index contributed by atoms with van der Waals surface area (Å²) in [6.07, 6.45) is 4.47. The summed E-state index contributed by atoms with van der Waals surface area (Å²) in [5, 5.41) is 1.47. The Morgan fingerprint density at radius 3 is 2.43 bits per heavy atom. The van der Waals surface area contributed by atoms with Gasteiger partial charge in [0.25, 0.3) is 11.1 Å². The van der Waals surface area contributed by atoms with E-state index in [1.165, 1.54) is 4.90 Å². The van der Waals surface area contributed by atoms with Crippen LogP contribution < -0.4 is 4.74 Å². The Morgan fingerprint density at radius 2 is 1.63 bits per heavy atom. The van der Waals surface area contributed by atoms with Crippen molar-refractivity contribution in [1.29, 1.82) is 0 Å². The maximum Gasteiger partial charge on any atom is 0.293 e. The second-order valence-corrected chi connectivity index (χ2v) is 9.60. The van der Waals surface area contributed by atoms with E-state index in [0.717, 1.165) is 39.5 Å². The zero-order chi connectivity index (χ0) is 24.2. The fourth-order valence-corrected chi connectivity index (χ4v) is 5.07. The Labute approximate surface area is 212 Å². The summed E-state index contributed by atoms with van der Waals surface area (Å²) >= 11 is 6.94. The van der Waals surface area contributed by atoms with E-state index in [0.29, 0.717) is 36.0 Å². The maximum absolute atomic E-state index is 13.0. The van der Waals surface area contributed by atoms with Gasteiger partial charge in [0.15, 0.2) is 0 Å². The Bertz CT molecular complexity index is 1400. The molecule has 7 heteroatoms. The zero-order valence-electron chi connectivity index (χ0n) is 18.9. The molecule has 0 unspecified atom stereocenters. The van der Waals surface area contributed by atoms with Crippen LogP contribution in [0, 0.1) is 0 Å². The van der Waals surface area contributed by atoms with Crippen LogP contribution in [0.5, 0.6) is 5.75 Å². The van der Waals surface area contributed by atoms with Crippen LogP contribution in [-0.2, 0) is 17.8 Å². The topological polar surface area (TPSA) is 51.5 Å². The van der Waals surface area contributed by atoms with Crippen molar-refractivity contribution >= 4 is 51.5 Å². The number of hydrogen-bond donors (Lipinski definition) is 0. The van der Waals surface area contributed by atoms with E-state index in [9.17, 15) is 9.59 Å². The molecule has 1 aliphatic rings. The number of hydrogen-bond acceptors (Lipinski definition) is 4. The van der Waals surface area contributed by atoms with E-state index >= 15 is 0 Å². The maximum atomic E-state index is 13.0. The van der Waals surface area contributed by atoms with Crippen molar-refractivity contribution < 1.29 is 14.3 Å². The van der Waals surface area contributed by atoms with Gasteiger partial charge in [0.1, 0.15) is 12.4 Å². The molecule has 0 spiro atoms. The largest absolute Gasteiger partial charge is 0.492 e. The lowest BCUT2D eigenvalue weighted by Gasteiger charge is -2.12. The minimum absolute atomic E-state index is 0.225. The summed E-state index contributed by atoms with van der Waals surface area (Å²) in [4.78, 5) is 27.4. The molecule has 0 aliphatic carbocycles. The van der Waals surface area contributed by atoms with Gasteiger partial charge in [0.05, 0.1) is 11.4 Å². The van der Waals surface area contributed by atoms with E-state index in [1.807, 2.05) is 79.0 Å². The lowest BCUT2D eigenvalue weighted by molar-refractivity contribution is -0.122. The number of benzene rings is 3. The molecule has 0 bridgehead atoms. The van der Waals surface area contributed by atoms with Crippen molar-refractivity contribution in [2.45, 2.75) is 13.0 Å². The molecule has 176 valence electrons. The molecule has 4 aromatic rings. The molecule has 0 N–H and O–H groups in total. The summed E-state index contributed by atoms with van der Waals surface area (Å²) in [6, 6.07) is 25.2. The number of carbonyl (C=O) groups is 2. The average Bonchev–Trinajstić information content (AvgIpc) is 3.36. The van der Waals surface area contributed by atoms with Crippen LogP contribution in [0.15, 0.2) is 90.0 Å². The first-order chi connectivity index (χ1) is 17.1. The monoisotopic (exact) mass is 502 g/mol. The molecule has 35 heavy (non-hydrogen) atoms. The number of para-hydroxylation sites is 1. The highest BCUT2D eigenvalue weighted by Gasteiger charge is 2.34. The first kappa shape index (κ1) is 23.3. The van der Waals surface area contributed by atoms with Crippen molar-refractivity contribution in [2.75, 3.05) is 13.2 Å². The number of carbonyl (C=O) groups excluding carboxylic acids is 2. The van der Waals surface area contributed by atoms with Crippen LogP contribution in [0.2, 0.25) is 5.02 Å². The van der Waals surface area contributed by atoms with Gasteiger partial charge in [0, 0.05) is 34.2 Å². The normalized spacial score (nSPS) is 14.9. The minimum atomic E-state index is -0.237. The van der Waals surface area contributed by atoms with Crippen LogP contribution >= 0.6 is 23.4 Å². The molecule has 1 aliphatic heterocycles. The van der Waals surface area contributed by atoms with E-state index in [4.69, 9.17) is 16.3 Å². The van der Waals surface area contributed by atoms with Crippen LogP contribution in [0.3, 0.4) is 0 Å². The standard InChI is InChI=1S/C28H23ClN2O3S/c29-22-10-12-23(13-11-22)34-17-16-30-19-21(24-8-4-5-9-25(24)30)18-26-27(32)31(28(33)35-26)15-14-20-6-2-1-3-7-20/h1-13,18-19H,14-17H2/b26-18-. The zero-order valence-corrected chi connectivity index (χ0v) is 20.5. The van der Waals surface area contributed by atoms with Crippen LogP contribution in [0.1, 0.15) is 11.1 Å². The first-order valence-corrected chi connectivity index (χ1v) is 12.5. The Morgan fingerprint density at radius 1 is 0.886 bits per heavy atom. The highest BCUT2D eigenvalue weighted by atomic mass is 35.5. The van der Waals surface area contributed by atoms with E-state index in [2.05, 4.69) is 4.57 Å². The summed E-state index contributed by atoms with van der Waals surface area (Å²) in [5.74, 6) is 0.522. The number of fused-ring (bicyclic) bond motifs is 1. The number of rotatable bonds is 8. The molecule has 1 fully saturated rings. The van der Waals surface area contributed by atoms with Gasteiger partial charge in [0.2, 0.25) is 0 Å². The summed E-state index contributed by atoms with van der Waals surface area (Å²) < 4.78 is 7.97. The fourth-order valence-electron chi connectivity index (χ4n) is 4.09. The fraction of sp³-hybridized carbons (Fsp3) is 0.143. The predicted octanol–water partition coefficient (Wildman–Crippen LogP) is 6.65. The molecule has 2 heterocycles. The number of ether oxygens (including phenoxy) is 1. The second-order valence-electron chi connectivity index (χ2n) is 8.17. The minimum Gasteiger partial charge on any atom is -0.492 e. The van der Waals surface area contributed by atoms with Crippen LogP contribution in [0.25, 0.3) is 17.0 Å². The molecule has 2 amide bonds. The van der Waals surface area contributed by atoms with E-state index in [1.54, 1.807) is 12.1 Å². The number of imide groups is 1. The summed E-state index contributed by atoms with van der Waals surface area (Å²) in [6.45, 7) is 1.49. The Balaban J connectivity index is 1.32. The smallest absolute Gasteiger partial charge is 0.293 e. The van der Waals surface area contributed by atoms with Gasteiger partial charge < -0.3 is 9.30 Å². The molecule has 0 saturated carbocycles. The third-order valence-electron chi connectivity index (χ3n) is 5.86. The van der Waals surface area contributed by atoms with Crippen LogP contribution in [-0.4, -0.2) is 33.8 Å². The summed E-state index contributed by atoms with van der Waals surface area (Å²) in [5.41, 5.74) is 3.04. The van der Waals surface area contributed by atoms with Gasteiger partial charge in [-0.3, -0.25) is 14.5 Å². The van der Waals surface area contributed by atoms with Crippen molar-refractivity contribution in [2.24, 2.45) is 0 Å². The quantitative estimate of drug-likeness (QED) is 0.253. The lowest BCUT2D eigenvalue weighted by Crippen LogP contribution is -2.30. The molecule has 1 saturated heterocycles. The van der Waals surface area contributed by atoms with Crippen molar-refractivity contribution in [3.05, 3.63) is 106 Å². The third kappa shape index (κ3) is 5.29. The molecular weight excluding hydrogens is 480 g/mol. The van der Waals surface area contributed by atoms with Crippen molar-refractivity contribution in [1.82, 2.24) is 9.47 Å². The van der Waals surface area contributed by atoms with Crippen LogP contribution in [0.4, 0.5) is 4.79 Å². The SMILES string of the molecule is O=C1S/C(=C\c2cn(CCOc3ccc(Cl)cc3)c3ccccc23)C(=O)N1CCc1ccccc1. The molecule has 1 aromatic heterocycles. The van der Waals surface area contributed by atoms with Gasteiger partial charge in [-0.25, -0.2) is 0 Å². The van der Waals surface area contributed by atoms with Crippen molar-refractivity contribution in [3.63, 3.8) is 0 Å². The summed E-state index contributed by atoms with van der Waals surface area (Å²) in [7, 11) is 0. The number of nitrogens with zero attached hydrogens (tertiary/aromatic N) is 2. The highest BCUT2D eigenvalue weighted by molar-refractivity contribution is 8.18. The Kier molecular flexibility index (Phi) is 6.93. The van der Waals surface area contributed by atoms with Gasteiger partial charge in [-0.1, -0.05) is 60.1 Å². The van der Waals surface area contributed by atoms with Gasteiger partial charge in [-0.05, 0) is 60.2 Å². The lowest BCUT2D eigenvalue weighted by atomic mass is 10.1. The molecular formula is C28H23ClN2O3S. The predicted molar refractivity (Wildman–Crippen MR) is 142 cm³/mol. The van der Waals surface area contributed by atoms with E-state index < -0.39 is 0 Å². The van der Waals surface area contributed by atoms with Gasteiger partial charge in [-0.15, -0.1) is 0 Å². The number of halogens is 1. The second kappa shape index (κ2) is 10.4. The molecule has 5 nitrogen and oxygen atoms in total. The van der Waals surface area contributed by atoms with Crippen molar-refractivity contribution in [3.8, 4) is 5.75 Å². The molecule has 5 rings (SSSR count). The van der Waals surface area contributed by atoms with Gasteiger partial charge in [-0.2, -0.15) is 0 Å². The Hall–Kier alpha value is -3.48. The van der Waals surface area contributed by atoms with Gasteiger partial charge >= 0.3 is 0 Å². The average molecular weight is 503 g/mol. The first-order valence-electron chi connectivity index (χ1n) is 11.3. The third-order valence-corrected chi connectivity index (χ3v) is 7.02. The molecule has 3 aromatic carbocycles. The number of thioether (sulfide) groups is 1. The molecule has 0 atom stereocenters. The highest BCUT2D eigenvalue weighted by Crippen LogP contribution is 2.34. The number of amides is 2. The van der Waals surface area contributed by atoms with E-state index in [-0.39, 0.29) is 11.1 Å². The molecule has 0 radical (unpaired) electrons. The number of aromatic nitrogens is 1.